The minimum atomic E-state index is -0.580. The molecule has 0 saturated carbocycles. The lowest BCUT2D eigenvalue weighted by Gasteiger charge is -2.34. The Morgan fingerprint density at radius 3 is 2.28 bits per heavy atom. The highest BCUT2D eigenvalue weighted by Gasteiger charge is 2.28. The van der Waals surface area contributed by atoms with E-state index in [2.05, 4.69) is 20.2 Å². The van der Waals surface area contributed by atoms with Crippen molar-refractivity contribution in [3.8, 4) is 0 Å². The van der Waals surface area contributed by atoms with Gasteiger partial charge in [0, 0.05) is 38.6 Å². The van der Waals surface area contributed by atoms with Crippen LogP contribution in [-0.4, -0.2) is 78.7 Å². The highest BCUT2D eigenvalue weighted by atomic mass is 32.1. The summed E-state index contributed by atoms with van der Waals surface area (Å²) < 4.78 is 10.2. The molecule has 1 fully saturated rings. The number of nitrogens with one attached hydrogen (secondary N) is 1. The Labute approximate surface area is 190 Å². The molecule has 3 heterocycles. The lowest BCUT2D eigenvalue weighted by molar-refractivity contribution is -0.117. The third kappa shape index (κ3) is 5.60. The molecule has 0 unspecified atom stereocenters. The number of hydrogen-bond donors (Lipinski definition) is 1. The molecule has 1 aliphatic heterocycles. The van der Waals surface area contributed by atoms with E-state index in [1.165, 1.54) is 0 Å². The van der Waals surface area contributed by atoms with Gasteiger partial charge in [0.1, 0.15) is 9.88 Å². The molecule has 0 aliphatic carbocycles. The zero-order valence-corrected chi connectivity index (χ0v) is 19.2. The van der Waals surface area contributed by atoms with Crippen molar-refractivity contribution in [3.05, 3.63) is 34.5 Å². The van der Waals surface area contributed by atoms with Crippen molar-refractivity contribution in [3.63, 3.8) is 0 Å². The summed E-state index contributed by atoms with van der Waals surface area (Å²) in [6, 6.07) is 1.77. The van der Waals surface area contributed by atoms with Crippen LogP contribution in [0, 0.1) is 6.92 Å². The molecule has 172 valence electrons. The van der Waals surface area contributed by atoms with E-state index in [1.54, 1.807) is 39.2 Å². The number of thiophene rings is 1. The first-order chi connectivity index (χ1) is 15.4. The number of nitrogens with zero attached hydrogens (tertiary/aromatic N) is 4. The zero-order valence-electron chi connectivity index (χ0n) is 18.4. The van der Waals surface area contributed by atoms with Gasteiger partial charge in [0.25, 0.3) is 0 Å². The third-order valence-corrected chi connectivity index (χ3v) is 6.10. The molecule has 32 heavy (non-hydrogen) atoms. The Kier molecular flexibility index (Phi) is 8.12. The van der Waals surface area contributed by atoms with Gasteiger partial charge in [-0.1, -0.05) is 0 Å². The molecular formula is C21H27N5O5S. The SMILES string of the molecule is CCOC(=O)c1sc(NC(=O)CN2CCN(c3ncccn3)CC2)c(C(=O)OCC)c1C. The number of piperazine rings is 1. The summed E-state index contributed by atoms with van der Waals surface area (Å²) in [6.45, 7) is 8.38. The van der Waals surface area contributed by atoms with Gasteiger partial charge in [-0.25, -0.2) is 19.6 Å². The standard InChI is InChI=1S/C21H27N5O5S/c1-4-30-19(28)16-14(3)17(20(29)31-5-2)32-18(16)24-15(27)13-25-9-11-26(12-10-25)21-22-7-6-8-23-21/h6-8H,4-5,9-13H2,1-3H3,(H,24,27). The molecule has 1 amide bonds. The molecule has 0 bridgehead atoms. The highest BCUT2D eigenvalue weighted by molar-refractivity contribution is 7.18. The Bertz CT molecular complexity index is 957. The Morgan fingerprint density at radius 1 is 1.03 bits per heavy atom. The molecule has 11 heteroatoms. The molecule has 0 atom stereocenters. The van der Waals surface area contributed by atoms with Crippen molar-refractivity contribution in [1.82, 2.24) is 14.9 Å². The molecular weight excluding hydrogens is 434 g/mol. The van der Waals surface area contributed by atoms with Gasteiger partial charge in [-0.05, 0) is 32.4 Å². The molecule has 0 spiro atoms. The van der Waals surface area contributed by atoms with E-state index in [0.29, 0.717) is 42.7 Å². The van der Waals surface area contributed by atoms with Crippen molar-refractivity contribution in [2.45, 2.75) is 20.8 Å². The maximum absolute atomic E-state index is 12.7. The van der Waals surface area contributed by atoms with Gasteiger partial charge in [-0.15, -0.1) is 11.3 Å². The average Bonchev–Trinajstić information content (AvgIpc) is 3.11. The number of aromatic nitrogens is 2. The number of carbonyl (C=O) groups is 3. The third-order valence-electron chi connectivity index (χ3n) is 4.91. The minimum absolute atomic E-state index is 0.164. The van der Waals surface area contributed by atoms with Crippen LogP contribution in [0.2, 0.25) is 0 Å². The molecule has 10 nitrogen and oxygen atoms in total. The van der Waals surface area contributed by atoms with E-state index in [0.717, 1.165) is 11.3 Å². The summed E-state index contributed by atoms with van der Waals surface area (Å²) in [5, 5.41) is 3.09. The van der Waals surface area contributed by atoms with Crippen molar-refractivity contribution in [1.29, 1.82) is 0 Å². The maximum Gasteiger partial charge on any atom is 0.348 e. The van der Waals surface area contributed by atoms with Crippen molar-refractivity contribution < 1.29 is 23.9 Å². The lowest BCUT2D eigenvalue weighted by Crippen LogP contribution is -2.49. The zero-order chi connectivity index (χ0) is 23.1. The molecule has 1 aliphatic rings. The topological polar surface area (TPSA) is 114 Å². The first-order valence-corrected chi connectivity index (χ1v) is 11.3. The number of hydrogen-bond acceptors (Lipinski definition) is 10. The number of amides is 1. The Hall–Kier alpha value is -3.05. The van der Waals surface area contributed by atoms with Gasteiger partial charge in [-0.2, -0.15) is 0 Å². The molecule has 3 rings (SSSR count). The van der Waals surface area contributed by atoms with Gasteiger partial charge < -0.3 is 19.7 Å². The molecule has 2 aromatic heterocycles. The fourth-order valence-corrected chi connectivity index (χ4v) is 4.48. The first kappa shape index (κ1) is 23.6. The molecule has 0 radical (unpaired) electrons. The Morgan fingerprint density at radius 2 is 1.66 bits per heavy atom. The van der Waals surface area contributed by atoms with Crippen LogP contribution in [0.5, 0.6) is 0 Å². The summed E-state index contributed by atoms with van der Waals surface area (Å²) in [4.78, 5) is 50.4. The van der Waals surface area contributed by atoms with Crippen molar-refractivity contribution in [2.24, 2.45) is 0 Å². The number of carbonyl (C=O) groups excluding carboxylic acids is 3. The van der Waals surface area contributed by atoms with E-state index >= 15 is 0 Å². The number of esters is 2. The second-order valence-corrected chi connectivity index (χ2v) is 8.08. The maximum atomic E-state index is 12.7. The van der Waals surface area contributed by atoms with Crippen LogP contribution in [0.4, 0.5) is 10.9 Å². The van der Waals surface area contributed by atoms with Crippen LogP contribution < -0.4 is 10.2 Å². The van der Waals surface area contributed by atoms with E-state index in [-0.39, 0.29) is 36.1 Å². The summed E-state index contributed by atoms with van der Waals surface area (Å²) in [5.41, 5.74) is 0.637. The molecule has 2 aromatic rings. The van der Waals surface area contributed by atoms with Crippen LogP contribution in [0.15, 0.2) is 18.5 Å². The second-order valence-electron chi connectivity index (χ2n) is 7.06. The fourth-order valence-electron chi connectivity index (χ4n) is 3.37. The quantitative estimate of drug-likeness (QED) is 0.589. The predicted molar refractivity (Wildman–Crippen MR) is 120 cm³/mol. The van der Waals surface area contributed by atoms with E-state index in [1.807, 2.05) is 4.90 Å². The number of ether oxygens (including phenoxy) is 2. The molecule has 1 saturated heterocycles. The highest BCUT2D eigenvalue weighted by Crippen LogP contribution is 2.34. The van der Waals surface area contributed by atoms with Gasteiger partial charge in [0.05, 0.1) is 25.3 Å². The van der Waals surface area contributed by atoms with Crippen LogP contribution in [-0.2, 0) is 14.3 Å². The summed E-state index contributed by atoms with van der Waals surface area (Å²) in [7, 11) is 0. The molecule has 0 aromatic carbocycles. The second kappa shape index (κ2) is 11.0. The molecule has 1 N–H and O–H groups in total. The largest absolute Gasteiger partial charge is 0.462 e. The van der Waals surface area contributed by atoms with E-state index in [9.17, 15) is 14.4 Å². The van der Waals surface area contributed by atoms with Gasteiger partial charge in [0.2, 0.25) is 11.9 Å². The van der Waals surface area contributed by atoms with E-state index < -0.39 is 11.9 Å². The van der Waals surface area contributed by atoms with Crippen molar-refractivity contribution >= 4 is 40.1 Å². The number of anilines is 2. The van der Waals surface area contributed by atoms with Crippen LogP contribution in [0.1, 0.15) is 39.4 Å². The predicted octanol–water partition coefficient (Wildman–Crippen LogP) is 1.96. The monoisotopic (exact) mass is 461 g/mol. The summed E-state index contributed by atoms with van der Waals surface area (Å²) in [6.07, 6.45) is 3.41. The van der Waals surface area contributed by atoms with Crippen LogP contribution >= 0.6 is 11.3 Å². The smallest absolute Gasteiger partial charge is 0.348 e. The normalized spacial score (nSPS) is 14.2. The Balaban J connectivity index is 1.65. The van der Waals surface area contributed by atoms with Gasteiger partial charge >= 0.3 is 11.9 Å². The van der Waals surface area contributed by atoms with Crippen LogP contribution in [0.3, 0.4) is 0 Å². The van der Waals surface area contributed by atoms with Crippen LogP contribution in [0.25, 0.3) is 0 Å². The first-order valence-electron chi connectivity index (χ1n) is 10.5. The van der Waals surface area contributed by atoms with E-state index in [4.69, 9.17) is 9.47 Å². The van der Waals surface area contributed by atoms with Crippen molar-refractivity contribution in [2.75, 3.05) is 56.2 Å². The lowest BCUT2D eigenvalue weighted by atomic mass is 10.1. The summed E-state index contributed by atoms with van der Waals surface area (Å²) in [5.74, 6) is -0.697. The van der Waals surface area contributed by atoms with Gasteiger partial charge in [0.15, 0.2) is 0 Å². The fraction of sp³-hybridized carbons (Fsp3) is 0.476. The van der Waals surface area contributed by atoms with Gasteiger partial charge in [-0.3, -0.25) is 9.69 Å². The minimum Gasteiger partial charge on any atom is -0.462 e. The number of rotatable bonds is 8. The average molecular weight is 462 g/mol. The summed E-state index contributed by atoms with van der Waals surface area (Å²) >= 11 is 1.03.